The van der Waals surface area contributed by atoms with Crippen molar-refractivity contribution >= 4 is 24.0 Å². The molecule has 4 rings (SSSR count). The highest BCUT2D eigenvalue weighted by Crippen LogP contribution is 2.24. The number of rotatable bonds is 4. The van der Waals surface area contributed by atoms with Crippen LogP contribution in [0.4, 0.5) is 0 Å². The molecule has 2 amide bonds. The molecule has 1 aliphatic rings. The first-order chi connectivity index (χ1) is 13.7. The molecule has 0 unspecified atom stereocenters. The monoisotopic (exact) mass is 364 g/mol. The van der Waals surface area contributed by atoms with Crippen molar-refractivity contribution in [3.63, 3.8) is 0 Å². The fourth-order valence-electron chi connectivity index (χ4n) is 3.22. The van der Waals surface area contributed by atoms with Gasteiger partial charge in [-0.1, -0.05) is 54.6 Å². The summed E-state index contributed by atoms with van der Waals surface area (Å²) in [5, 5.41) is 8.86. The first-order valence-corrected chi connectivity index (χ1v) is 8.88. The van der Waals surface area contributed by atoms with E-state index in [4.69, 9.17) is 5.26 Å². The van der Waals surface area contributed by atoms with Crippen molar-refractivity contribution < 1.29 is 9.59 Å². The van der Waals surface area contributed by atoms with Gasteiger partial charge in [-0.2, -0.15) is 5.26 Å². The van der Waals surface area contributed by atoms with Gasteiger partial charge in [0.15, 0.2) is 0 Å². The smallest absolute Gasteiger partial charge is 0.261 e. The first-order valence-electron chi connectivity index (χ1n) is 8.88. The lowest BCUT2D eigenvalue weighted by atomic mass is 10.1. The van der Waals surface area contributed by atoms with Crippen molar-refractivity contribution in [3.8, 4) is 6.07 Å². The van der Waals surface area contributed by atoms with Crippen LogP contribution < -0.4 is 0 Å². The number of carbonyl (C=O) groups excluding carboxylic acids is 2. The molecule has 0 spiro atoms. The molecule has 4 heteroatoms. The minimum absolute atomic E-state index is 0.241. The summed E-state index contributed by atoms with van der Waals surface area (Å²) in [5.41, 5.74) is 4.40. The van der Waals surface area contributed by atoms with Crippen molar-refractivity contribution in [2.45, 2.75) is 6.54 Å². The maximum Gasteiger partial charge on any atom is 0.261 e. The van der Waals surface area contributed by atoms with E-state index < -0.39 is 0 Å². The van der Waals surface area contributed by atoms with Crippen LogP contribution in [-0.4, -0.2) is 16.7 Å². The molecule has 3 aromatic carbocycles. The number of nitriles is 1. The van der Waals surface area contributed by atoms with E-state index >= 15 is 0 Å². The van der Waals surface area contributed by atoms with Gasteiger partial charge in [0.1, 0.15) is 0 Å². The van der Waals surface area contributed by atoms with Crippen LogP contribution >= 0.6 is 0 Å². The van der Waals surface area contributed by atoms with Gasteiger partial charge >= 0.3 is 0 Å². The number of hydrogen-bond donors (Lipinski definition) is 0. The van der Waals surface area contributed by atoms with Crippen molar-refractivity contribution in [2.75, 3.05) is 0 Å². The Morgan fingerprint density at radius 2 is 1.43 bits per heavy atom. The summed E-state index contributed by atoms with van der Waals surface area (Å²) < 4.78 is 0. The average molecular weight is 364 g/mol. The second kappa shape index (κ2) is 7.34. The Labute approximate surface area is 163 Å². The lowest BCUT2D eigenvalue weighted by molar-refractivity contribution is 0.0642. The highest BCUT2D eigenvalue weighted by atomic mass is 16.2. The molecule has 3 aromatic rings. The van der Waals surface area contributed by atoms with E-state index in [1.807, 2.05) is 48.6 Å². The molecule has 0 aliphatic carbocycles. The molecule has 0 atom stereocenters. The molecule has 1 aliphatic heterocycles. The number of nitrogens with zero attached hydrogens (tertiary/aromatic N) is 2. The third-order valence-electron chi connectivity index (χ3n) is 4.68. The van der Waals surface area contributed by atoms with Gasteiger partial charge in [0.05, 0.1) is 29.3 Å². The quantitative estimate of drug-likeness (QED) is 0.505. The molecule has 134 valence electrons. The molecule has 1 heterocycles. The number of hydrogen-bond acceptors (Lipinski definition) is 3. The Balaban J connectivity index is 1.52. The van der Waals surface area contributed by atoms with Gasteiger partial charge in [0, 0.05) is 0 Å². The van der Waals surface area contributed by atoms with E-state index in [1.165, 1.54) is 4.90 Å². The van der Waals surface area contributed by atoms with Crippen LogP contribution in [0.3, 0.4) is 0 Å². The van der Waals surface area contributed by atoms with Crippen LogP contribution in [0, 0.1) is 11.3 Å². The van der Waals surface area contributed by atoms with E-state index in [1.54, 1.807) is 36.4 Å². The average Bonchev–Trinajstić information content (AvgIpc) is 2.98. The summed E-state index contributed by atoms with van der Waals surface area (Å²) in [7, 11) is 0. The van der Waals surface area contributed by atoms with Gasteiger partial charge in [-0.3, -0.25) is 14.5 Å². The topological polar surface area (TPSA) is 61.2 Å². The van der Waals surface area contributed by atoms with E-state index in [0.717, 1.165) is 16.7 Å². The molecule has 0 saturated heterocycles. The van der Waals surface area contributed by atoms with E-state index in [0.29, 0.717) is 16.7 Å². The standard InChI is InChI=1S/C24H16N2O2/c25-15-19-12-9-17(10-13-19)8-11-18-4-3-5-20(14-18)16-26-23(27)21-6-1-2-7-22(21)24(26)28/h1-14H,16H2. The number of benzene rings is 3. The molecule has 0 aromatic heterocycles. The predicted octanol–water partition coefficient (Wildman–Crippen LogP) is 4.52. The summed E-state index contributed by atoms with van der Waals surface area (Å²) in [6.45, 7) is 0.241. The third-order valence-corrected chi connectivity index (χ3v) is 4.68. The zero-order chi connectivity index (χ0) is 19.5. The van der Waals surface area contributed by atoms with Crippen LogP contribution in [-0.2, 0) is 6.54 Å². The number of imide groups is 1. The Hall–Kier alpha value is -3.97. The summed E-state index contributed by atoms with van der Waals surface area (Å²) in [6, 6.07) is 24.1. The lowest BCUT2D eigenvalue weighted by Gasteiger charge is -2.14. The Morgan fingerprint density at radius 3 is 2.07 bits per heavy atom. The van der Waals surface area contributed by atoms with Gasteiger partial charge in [0.2, 0.25) is 0 Å². The van der Waals surface area contributed by atoms with Gasteiger partial charge < -0.3 is 0 Å². The van der Waals surface area contributed by atoms with Crippen molar-refractivity contribution in [1.29, 1.82) is 5.26 Å². The molecule has 0 saturated carbocycles. The molecular formula is C24H16N2O2. The van der Waals surface area contributed by atoms with E-state index in [2.05, 4.69) is 6.07 Å². The highest BCUT2D eigenvalue weighted by molar-refractivity contribution is 6.21. The maximum absolute atomic E-state index is 12.5. The Kier molecular flexibility index (Phi) is 4.57. The zero-order valence-electron chi connectivity index (χ0n) is 15.0. The van der Waals surface area contributed by atoms with Gasteiger partial charge in [-0.05, 0) is 47.0 Å². The Bertz CT molecular complexity index is 1100. The minimum atomic E-state index is -0.251. The summed E-state index contributed by atoms with van der Waals surface area (Å²) >= 11 is 0. The third kappa shape index (κ3) is 3.34. The SMILES string of the molecule is N#Cc1ccc(C=Cc2cccc(CN3C(=O)c4ccccc4C3=O)c2)cc1. The summed E-state index contributed by atoms with van der Waals surface area (Å²) in [4.78, 5) is 26.3. The normalized spacial score (nSPS) is 13.0. The molecule has 28 heavy (non-hydrogen) atoms. The molecule has 0 radical (unpaired) electrons. The van der Waals surface area contributed by atoms with Crippen molar-refractivity contribution in [2.24, 2.45) is 0 Å². The molecule has 0 N–H and O–H groups in total. The van der Waals surface area contributed by atoms with Crippen LogP contribution in [0.25, 0.3) is 12.2 Å². The molecule has 0 fully saturated rings. The summed E-state index contributed by atoms with van der Waals surface area (Å²) in [5.74, 6) is -0.502. The van der Waals surface area contributed by atoms with Gasteiger partial charge in [0.25, 0.3) is 11.8 Å². The molecule has 4 nitrogen and oxygen atoms in total. The second-order valence-electron chi connectivity index (χ2n) is 6.55. The fourth-order valence-corrected chi connectivity index (χ4v) is 3.22. The van der Waals surface area contributed by atoms with Crippen molar-refractivity contribution in [1.82, 2.24) is 4.90 Å². The van der Waals surface area contributed by atoms with Crippen LogP contribution in [0.5, 0.6) is 0 Å². The zero-order valence-corrected chi connectivity index (χ0v) is 15.0. The predicted molar refractivity (Wildman–Crippen MR) is 107 cm³/mol. The van der Waals surface area contributed by atoms with E-state index in [-0.39, 0.29) is 18.4 Å². The van der Waals surface area contributed by atoms with Gasteiger partial charge in [-0.15, -0.1) is 0 Å². The largest absolute Gasteiger partial charge is 0.270 e. The second-order valence-corrected chi connectivity index (χ2v) is 6.55. The number of amides is 2. The van der Waals surface area contributed by atoms with Crippen LogP contribution in [0.15, 0.2) is 72.8 Å². The maximum atomic E-state index is 12.5. The van der Waals surface area contributed by atoms with Gasteiger partial charge in [-0.25, -0.2) is 0 Å². The fraction of sp³-hybridized carbons (Fsp3) is 0.0417. The van der Waals surface area contributed by atoms with Crippen LogP contribution in [0.2, 0.25) is 0 Å². The molecule has 0 bridgehead atoms. The first kappa shape index (κ1) is 17.4. The van der Waals surface area contributed by atoms with Crippen molar-refractivity contribution in [3.05, 3.63) is 106 Å². The number of carbonyl (C=O) groups is 2. The van der Waals surface area contributed by atoms with Crippen LogP contribution in [0.1, 0.15) is 43.0 Å². The minimum Gasteiger partial charge on any atom is -0.270 e. The summed E-state index contributed by atoms with van der Waals surface area (Å²) in [6.07, 6.45) is 3.93. The number of fused-ring (bicyclic) bond motifs is 1. The Morgan fingerprint density at radius 1 is 0.786 bits per heavy atom. The highest BCUT2D eigenvalue weighted by Gasteiger charge is 2.34. The van der Waals surface area contributed by atoms with E-state index in [9.17, 15) is 9.59 Å². The molecular weight excluding hydrogens is 348 g/mol. The lowest BCUT2D eigenvalue weighted by Crippen LogP contribution is -2.29.